The molecule has 0 aliphatic carbocycles. The van der Waals surface area contributed by atoms with Gasteiger partial charge in [0.2, 0.25) is 5.95 Å². The topological polar surface area (TPSA) is 90.8 Å². The van der Waals surface area contributed by atoms with Gasteiger partial charge >= 0.3 is 6.29 Å². The minimum Gasteiger partial charge on any atom is -0.395 e. The highest BCUT2D eigenvalue weighted by Crippen LogP contribution is 2.45. The van der Waals surface area contributed by atoms with Crippen LogP contribution in [-0.2, 0) is 6.42 Å². The molecular weight excluding hydrogens is 396 g/mol. The number of hydrogen-bond donors (Lipinski definition) is 1. The molecule has 0 bridgehead atoms. The molecule has 5 rings (SSSR count). The molecule has 29 heavy (non-hydrogen) atoms. The van der Waals surface area contributed by atoms with Gasteiger partial charge in [0.05, 0.1) is 6.54 Å². The van der Waals surface area contributed by atoms with Gasteiger partial charge in [-0.1, -0.05) is 0 Å². The van der Waals surface area contributed by atoms with E-state index in [9.17, 15) is 17.6 Å². The van der Waals surface area contributed by atoms with Crippen LogP contribution in [0.1, 0.15) is 18.7 Å². The number of rotatable bonds is 3. The predicted octanol–water partition coefficient (Wildman–Crippen LogP) is 2.45. The molecule has 12 heteroatoms. The van der Waals surface area contributed by atoms with E-state index in [2.05, 4.69) is 24.5 Å². The molecule has 0 saturated carbocycles. The van der Waals surface area contributed by atoms with E-state index in [1.54, 1.807) is 4.90 Å². The number of nitrogens with zero attached hydrogens (tertiary/aromatic N) is 5. The van der Waals surface area contributed by atoms with Crippen molar-refractivity contribution in [1.29, 1.82) is 0 Å². The SMILES string of the molecule is Nc1nc2c3c(ccc2c2nc(CCN4CCCC(F)(F)C4)nn12)OC(F)(F)O3. The van der Waals surface area contributed by atoms with Crippen molar-refractivity contribution in [2.45, 2.75) is 31.5 Å². The molecular formula is C17H16F4N6O2. The number of nitrogens with two attached hydrogens (primary N) is 1. The van der Waals surface area contributed by atoms with E-state index < -0.39 is 12.2 Å². The number of ether oxygens (including phenoxy) is 2. The van der Waals surface area contributed by atoms with Crippen LogP contribution in [0.15, 0.2) is 12.1 Å². The van der Waals surface area contributed by atoms with Crippen LogP contribution < -0.4 is 15.2 Å². The number of hydrogen-bond acceptors (Lipinski definition) is 7. The van der Waals surface area contributed by atoms with Crippen LogP contribution in [0.25, 0.3) is 16.6 Å². The van der Waals surface area contributed by atoms with E-state index in [0.717, 1.165) is 0 Å². The summed E-state index contributed by atoms with van der Waals surface area (Å²) in [6.45, 7) is 0.675. The van der Waals surface area contributed by atoms with Crippen LogP contribution >= 0.6 is 0 Å². The fourth-order valence-electron chi connectivity index (χ4n) is 3.74. The number of likely N-dealkylation sites (tertiary alicyclic amines) is 1. The smallest absolute Gasteiger partial charge is 0.395 e. The van der Waals surface area contributed by atoms with Crippen LogP contribution in [0.3, 0.4) is 0 Å². The maximum Gasteiger partial charge on any atom is 0.586 e. The Hall–Kier alpha value is -2.89. The molecule has 0 spiro atoms. The van der Waals surface area contributed by atoms with Crippen LogP contribution in [0, 0.1) is 0 Å². The maximum absolute atomic E-state index is 13.6. The largest absolute Gasteiger partial charge is 0.586 e. The van der Waals surface area contributed by atoms with Crippen molar-refractivity contribution in [2.75, 3.05) is 25.4 Å². The number of alkyl halides is 4. The molecule has 2 N–H and O–H groups in total. The monoisotopic (exact) mass is 412 g/mol. The summed E-state index contributed by atoms with van der Waals surface area (Å²) >= 11 is 0. The number of nitrogen functional groups attached to an aromatic ring is 1. The van der Waals surface area contributed by atoms with Crippen LogP contribution in [-0.4, -0.2) is 56.3 Å². The molecule has 2 aliphatic heterocycles. The summed E-state index contributed by atoms with van der Waals surface area (Å²) in [4.78, 5) is 10.2. The third-order valence-corrected chi connectivity index (χ3v) is 5.00. The van der Waals surface area contributed by atoms with Crippen molar-refractivity contribution in [3.63, 3.8) is 0 Å². The Balaban J connectivity index is 1.47. The molecule has 1 saturated heterocycles. The summed E-state index contributed by atoms with van der Waals surface area (Å²) in [6, 6.07) is 2.85. The van der Waals surface area contributed by atoms with Gasteiger partial charge in [0.15, 0.2) is 23.0 Å². The van der Waals surface area contributed by atoms with Gasteiger partial charge < -0.3 is 15.2 Å². The molecule has 3 aromatic rings. The molecule has 0 unspecified atom stereocenters. The summed E-state index contributed by atoms with van der Waals surface area (Å²) in [6.07, 6.45) is -3.11. The standard InChI is InChI=1S/C17H16F4N6O2/c18-16(19)5-1-6-26(8-16)7-4-11-23-14-9-2-3-10-13(29-17(20,21)28-10)12(9)24-15(22)27(14)25-11/h2-3H,1,4-8H2,(H2,22,24). The molecule has 0 radical (unpaired) electrons. The number of fused-ring (bicyclic) bond motifs is 5. The second-order valence-corrected chi connectivity index (χ2v) is 7.18. The Kier molecular flexibility index (Phi) is 3.79. The number of anilines is 1. The van der Waals surface area contributed by atoms with E-state index in [-0.39, 0.29) is 35.9 Å². The second-order valence-electron chi connectivity index (χ2n) is 7.18. The first kappa shape index (κ1) is 18.2. The molecule has 0 atom stereocenters. The maximum atomic E-state index is 13.6. The number of halogens is 4. The lowest BCUT2D eigenvalue weighted by Gasteiger charge is -2.32. The highest BCUT2D eigenvalue weighted by molar-refractivity contribution is 5.97. The average molecular weight is 412 g/mol. The first-order chi connectivity index (χ1) is 13.7. The van der Waals surface area contributed by atoms with Gasteiger partial charge in [0.1, 0.15) is 5.52 Å². The summed E-state index contributed by atoms with van der Waals surface area (Å²) < 4.78 is 64.3. The zero-order valence-electron chi connectivity index (χ0n) is 15.0. The summed E-state index contributed by atoms with van der Waals surface area (Å²) in [5.41, 5.74) is 6.32. The highest BCUT2D eigenvalue weighted by Gasteiger charge is 2.45. The van der Waals surface area contributed by atoms with E-state index in [1.807, 2.05) is 0 Å². The Bertz CT molecular complexity index is 1120. The Morgan fingerprint density at radius 2 is 1.97 bits per heavy atom. The number of benzene rings is 1. The fourth-order valence-corrected chi connectivity index (χ4v) is 3.74. The van der Waals surface area contributed by atoms with Gasteiger partial charge in [0, 0.05) is 24.8 Å². The quantitative estimate of drug-likeness (QED) is 0.661. The molecule has 154 valence electrons. The van der Waals surface area contributed by atoms with Gasteiger partial charge in [-0.15, -0.1) is 13.9 Å². The summed E-state index contributed by atoms with van der Waals surface area (Å²) in [7, 11) is 0. The highest BCUT2D eigenvalue weighted by atomic mass is 19.3. The average Bonchev–Trinajstić information content (AvgIpc) is 3.19. The lowest BCUT2D eigenvalue weighted by molar-refractivity contribution is -0.286. The zero-order chi connectivity index (χ0) is 20.4. The molecule has 1 fully saturated rings. The minimum absolute atomic E-state index is 0.0667. The fraction of sp³-hybridized carbons (Fsp3) is 0.471. The molecule has 1 aromatic carbocycles. The van der Waals surface area contributed by atoms with Crippen LogP contribution in [0.2, 0.25) is 0 Å². The van der Waals surface area contributed by atoms with E-state index in [0.29, 0.717) is 42.8 Å². The first-order valence-corrected chi connectivity index (χ1v) is 9.05. The Labute approximate surface area is 161 Å². The van der Waals surface area contributed by atoms with Crippen molar-refractivity contribution in [1.82, 2.24) is 24.5 Å². The van der Waals surface area contributed by atoms with Gasteiger partial charge in [-0.2, -0.15) is 4.52 Å². The van der Waals surface area contributed by atoms with E-state index in [4.69, 9.17) is 5.73 Å². The van der Waals surface area contributed by atoms with Crippen molar-refractivity contribution in [2.24, 2.45) is 0 Å². The van der Waals surface area contributed by atoms with E-state index in [1.165, 1.54) is 16.6 Å². The lowest BCUT2D eigenvalue weighted by atomic mass is 10.1. The molecule has 8 nitrogen and oxygen atoms in total. The van der Waals surface area contributed by atoms with Gasteiger partial charge in [-0.05, 0) is 25.1 Å². The summed E-state index contributed by atoms with van der Waals surface area (Å²) in [5, 5.41) is 4.69. The van der Waals surface area contributed by atoms with Gasteiger partial charge in [-0.3, -0.25) is 4.90 Å². The normalized spacial score (nSPS) is 20.6. The lowest BCUT2D eigenvalue weighted by Crippen LogP contribution is -2.43. The number of piperidine rings is 1. The van der Waals surface area contributed by atoms with Crippen molar-refractivity contribution >= 4 is 22.5 Å². The van der Waals surface area contributed by atoms with Crippen molar-refractivity contribution in [3.8, 4) is 11.5 Å². The van der Waals surface area contributed by atoms with E-state index >= 15 is 0 Å². The van der Waals surface area contributed by atoms with Crippen molar-refractivity contribution < 1.29 is 27.0 Å². The third kappa shape index (κ3) is 3.16. The zero-order valence-corrected chi connectivity index (χ0v) is 15.0. The van der Waals surface area contributed by atoms with Crippen molar-refractivity contribution in [3.05, 3.63) is 18.0 Å². The van der Waals surface area contributed by atoms with Crippen LogP contribution in [0.5, 0.6) is 11.5 Å². The minimum atomic E-state index is -3.78. The third-order valence-electron chi connectivity index (χ3n) is 5.00. The predicted molar refractivity (Wildman–Crippen MR) is 93.2 cm³/mol. The molecule has 4 heterocycles. The number of aromatic nitrogens is 4. The second kappa shape index (κ2) is 6.05. The van der Waals surface area contributed by atoms with Crippen LogP contribution in [0.4, 0.5) is 23.5 Å². The summed E-state index contributed by atoms with van der Waals surface area (Å²) in [5.74, 6) is -2.73. The molecule has 2 aliphatic rings. The van der Waals surface area contributed by atoms with Gasteiger partial charge in [0.25, 0.3) is 5.92 Å². The van der Waals surface area contributed by atoms with Gasteiger partial charge in [-0.25, -0.2) is 18.7 Å². The first-order valence-electron chi connectivity index (χ1n) is 9.05. The molecule has 2 aromatic heterocycles. The Morgan fingerprint density at radius 3 is 2.76 bits per heavy atom. The molecule has 0 amide bonds. The Morgan fingerprint density at radius 1 is 1.14 bits per heavy atom.